The van der Waals surface area contributed by atoms with Gasteiger partial charge in [-0.05, 0) is 97.4 Å². The van der Waals surface area contributed by atoms with Crippen LogP contribution in [-0.4, -0.2) is 28.2 Å². The van der Waals surface area contributed by atoms with Crippen LogP contribution in [0.1, 0.15) is 61.9 Å². The van der Waals surface area contributed by atoms with Crippen molar-refractivity contribution < 1.29 is 27.1 Å². The van der Waals surface area contributed by atoms with Crippen LogP contribution in [0.25, 0.3) is 22.2 Å². The minimum Gasteiger partial charge on any atom is -0.378 e. The molecule has 0 spiro atoms. The molecule has 0 saturated heterocycles. The SMILES string of the molecule is Cc1nc2cc(-c3ccc(C4CC(OCC5CCC5)CC(C(=O)Nc5ccc(C(F)(F)F)cc5F)[C@@H]4C)cc3)ccc2n1C. The lowest BCUT2D eigenvalue weighted by Gasteiger charge is -2.40. The number of nitrogens with zero attached hydrogens (tertiary/aromatic N) is 2. The van der Waals surface area contributed by atoms with E-state index in [0.29, 0.717) is 25.0 Å². The first kappa shape index (κ1) is 30.3. The zero-order chi connectivity index (χ0) is 31.2. The molecule has 1 amide bonds. The largest absolute Gasteiger partial charge is 0.416 e. The van der Waals surface area contributed by atoms with Crippen molar-refractivity contribution in [1.82, 2.24) is 9.55 Å². The Morgan fingerprint density at radius 1 is 1.02 bits per heavy atom. The normalized spacial score (nSPS) is 22.6. The van der Waals surface area contributed by atoms with E-state index in [1.54, 1.807) is 0 Å². The lowest BCUT2D eigenvalue weighted by molar-refractivity contribution is -0.137. The molecule has 6 rings (SSSR count). The van der Waals surface area contributed by atoms with Gasteiger partial charge >= 0.3 is 6.18 Å². The fraction of sp³-hybridized carbons (Fsp3) is 0.429. The Labute approximate surface area is 254 Å². The summed E-state index contributed by atoms with van der Waals surface area (Å²) in [7, 11) is 2.00. The van der Waals surface area contributed by atoms with Crippen molar-refractivity contribution in [2.24, 2.45) is 24.8 Å². The Morgan fingerprint density at radius 3 is 2.41 bits per heavy atom. The van der Waals surface area contributed by atoms with Crippen LogP contribution in [0.5, 0.6) is 0 Å². The van der Waals surface area contributed by atoms with Crippen molar-refractivity contribution in [3.05, 3.63) is 83.4 Å². The molecule has 1 N–H and O–H groups in total. The molecule has 1 aromatic heterocycles. The van der Waals surface area contributed by atoms with Crippen LogP contribution in [0.3, 0.4) is 0 Å². The maximum absolute atomic E-state index is 14.6. The maximum Gasteiger partial charge on any atom is 0.416 e. The van der Waals surface area contributed by atoms with Crippen LogP contribution in [-0.2, 0) is 22.8 Å². The van der Waals surface area contributed by atoms with E-state index in [9.17, 15) is 22.4 Å². The number of halogens is 4. The van der Waals surface area contributed by atoms with Gasteiger partial charge in [0.05, 0.1) is 28.4 Å². The summed E-state index contributed by atoms with van der Waals surface area (Å²) in [5.74, 6) is -0.618. The molecule has 2 aliphatic rings. The Bertz CT molecular complexity index is 1660. The second-order valence-electron chi connectivity index (χ2n) is 12.5. The predicted molar refractivity (Wildman–Crippen MR) is 163 cm³/mol. The van der Waals surface area contributed by atoms with Gasteiger partial charge in [-0.15, -0.1) is 0 Å². The molecular formula is C35H37F4N3O2. The molecule has 44 heavy (non-hydrogen) atoms. The van der Waals surface area contributed by atoms with Crippen LogP contribution in [0.2, 0.25) is 0 Å². The molecule has 0 radical (unpaired) electrons. The van der Waals surface area contributed by atoms with Gasteiger partial charge in [-0.3, -0.25) is 4.79 Å². The van der Waals surface area contributed by atoms with Gasteiger partial charge in [0, 0.05) is 19.6 Å². The number of hydrogen-bond acceptors (Lipinski definition) is 3. The number of ether oxygens (including phenoxy) is 1. The first-order valence-corrected chi connectivity index (χ1v) is 15.3. The summed E-state index contributed by atoms with van der Waals surface area (Å²) in [6, 6.07) is 16.8. The average molecular weight is 608 g/mol. The second kappa shape index (κ2) is 12.0. The van der Waals surface area contributed by atoms with E-state index < -0.39 is 29.4 Å². The van der Waals surface area contributed by atoms with E-state index in [1.807, 2.05) is 20.9 Å². The number of imidazole rings is 1. The molecule has 2 saturated carbocycles. The minimum atomic E-state index is -4.67. The van der Waals surface area contributed by atoms with E-state index in [1.165, 1.54) is 6.42 Å². The quantitative estimate of drug-likeness (QED) is 0.214. The summed E-state index contributed by atoms with van der Waals surface area (Å²) in [6.07, 6.45) is -0.0884. The Hall–Kier alpha value is -3.72. The molecule has 232 valence electrons. The van der Waals surface area contributed by atoms with Gasteiger partial charge in [-0.2, -0.15) is 13.2 Å². The van der Waals surface area contributed by atoms with Crippen molar-refractivity contribution >= 4 is 22.6 Å². The van der Waals surface area contributed by atoms with Crippen molar-refractivity contribution in [2.75, 3.05) is 11.9 Å². The zero-order valence-electron chi connectivity index (χ0n) is 25.1. The topological polar surface area (TPSA) is 56.1 Å². The first-order chi connectivity index (χ1) is 21.0. The number of nitrogens with one attached hydrogen (secondary N) is 1. The standard InChI is InChI=1S/C35H37F4N3O2/c1-20-28(24-9-7-23(8-10-24)25-11-14-33-32(15-25)40-21(2)42(33)3)17-27(44-19-22-5-4-6-22)18-29(20)34(43)41-31-13-12-26(16-30(31)36)35(37,38)39/h7-16,20,22,27-29H,4-6,17-19H2,1-3H3,(H,41,43)/t20-,27?,28?,29?/m1/s1. The van der Waals surface area contributed by atoms with Gasteiger partial charge in [0.1, 0.15) is 11.6 Å². The fourth-order valence-electron chi connectivity index (χ4n) is 6.67. The number of aromatic nitrogens is 2. The zero-order valence-corrected chi connectivity index (χ0v) is 25.1. The third kappa shape index (κ3) is 6.11. The highest BCUT2D eigenvalue weighted by Gasteiger charge is 2.41. The number of carbonyl (C=O) groups excluding carboxylic acids is 1. The summed E-state index contributed by atoms with van der Waals surface area (Å²) >= 11 is 0. The number of alkyl halides is 3. The van der Waals surface area contributed by atoms with Gasteiger partial charge in [-0.25, -0.2) is 9.37 Å². The molecule has 3 unspecified atom stereocenters. The summed E-state index contributed by atoms with van der Waals surface area (Å²) in [5.41, 5.74) is 3.88. The Kier molecular flexibility index (Phi) is 8.26. The van der Waals surface area contributed by atoms with Crippen LogP contribution in [0.15, 0.2) is 60.7 Å². The lowest BCUT2D eigenvalue weighted by Crippen LogP contribution is -2.41. The van der Waals surface area contributed by atoms with Gasteiger partial charge in [-0.1, -0.05) is 43.7 Å². The van der Waals surface area contributed by atoms with E-state index in [2.05, 4.69) is 57.3 Å². The van der Waals surface area contributed by atoms with Gasteiger partial charge < -0.3 is 14.6 Å². The molecule has 0 bridgehead atoms. The molecule has 4 aromatic rings. The highest BCUT2D eigenvalue weighted by molar-refractivity contribution is 5.93. The highest BCUT2D eigenvalue weighted by atomic mass is 19.4. The van der Waals surface area contributed by atoms with Gasteiger partial charge in [0.2, 0.25) is 5.91 Å². The number of benzene rings is 3. The lowest BCUT2D eigenvalue weighted by atomic mass is 9.68. The molecule has 2 aliphatic carbocycles. The van der Waals surface area contributed by atoms with E-state index in [4.69, 9.17) is 4.74 Å². The minimum absolute atomic E-state index is 0.0123. The monoisotopic (exact) mass is 607 g/mol. The molecule has 2 fully saturated rings. The number of fused-ring (bicyclic) bond motifs is 1. The molecule has 9 heteroatoms. The van der Waals surface area contributed by atoms with Crippen molar-refractivity contribution in [1.29, 1.82) is 0 Å². The van der Waals surface area contributed by atoms with Crippen molar-refractivity contribution in [2.45, 2.75) is 64.1 Å². The Balaban J connectivity index is 1.23. The van der Waals surface area contributed by atoms with Gasteiger partial charge in [0.25, 0.3) is 0 Å². The number of anilines is 1. The summed E-state index contributed by atoms with van der Waals surface area (Å²) in [5, 5.41) is 2.58. The van der Waals surface area contributed by atoms with Gasteiger partial charge in [0.15, 0.2) is 0 Å². The molecular weight excluding hydrogens is 570 g/mol. The molecule has 3 aromatic carbocycles. The second-order valence-corrected chi connectivity index (χ2v) is 12.5. The summed E-state index contributed by atoms with van der Waals surface area (Å²) in [6.45, 7) is 4.66. The molecule has 5 nitrogen and oxygen atoms in total. The summed E-state index contributed by atoms with van der Waals surface area (Å²) in [4.78, 5) is 18.2. The number of carbonyl (C=O) groups is 1. The smallest absolute Gasteiger partial charge is 0.378 e. The van der Waals surface area contributed by atoms with E-state index in [-0.39, 0.29) is 23.6 Å². The number of amides is 1. The average Bonchev–Trinajstić information content (AvgIpc) is 3.25. The maximum atomic E-state index is 14.6. The third-order valence-electron chi connectivity index (χ3n) is 9.76. The number of hydrogen-bond donors (Lipinski definition) is 1. The first-order valence-electron chi connectivity index (χ1n) is 15.3. The highest BCUT2D eigenvalue weighted by Crippen LogP contribution is 2.44. The third-order valence-corrected chi connectivity index (χ3v) is 9.76. The van der Waals surface area contributed by atoms with Crippen molar-refractivity contribution in [3.8, 4) is 11.1 Å². The molecule has 1 heterocycles. The molecule has 4 atom stereocenters. The number of aryl methyl sites for hydroxylation is 2. The van der Waals surface area contributed by atoms with Crippen molar-refractivity contribution in [3.63, 3.8) is 0 Å². The summed E-state index contributed by atoms with van der Waals surface area (Å²) < 4.78 is 62.1. The van der Waals surface area contributed by atoms with E-state index in [0.717, 1.165) is 64.9 Å². The van der Waals surface area contributed by atoms with E-state index >= 15 is 0 Å². The fourth-order valence-corrected chi connectivity index (χ4v) is 6.67. The predicted octanol–water partition coefficient (Wildman–Crippen LogP) is 8.66. The Morgan fingerprint density at radius 2 is 1.75 bits per heavy atom. The van der Waals surface area contributed by atoms with Crippen LogP contribution >= 0.6 is 0 Å². The van der Waals surface area contributed by atoms with Crippen LogP contribution < -0.4 is 5.32 Å². The van der Waals surface area contributed by atoms with Crippen LogP contribution in [0.4, 0.5) is 23.2 Å². The molecule has 0 aliphatic heterocycles. The number of rotatable bonds is 7. The van der Waals surface area contributed by atoms with Crippen LogP contribution in [0, 0.1) is 30.5 Å².